The summed E-state index contributed by atoms with van der Waals surface area (Å²) < 4.78 is 18.0. The average Bonchev–Trinajstić information content (AvgIpc) is 2.20. The number of halogens is 2. The summed E-state index contributed by atoms with van der Waals surface area (Å²) in [4.78, 5) is 0. The van der Waals surface area contributed by atoms with Gasteiger partial charge >= 0.3 is 0 Å². The van der Waals surface area contributed by atoms with Gasteiger partial charge in [0.05, 0.1) is 5.02 Å². The number of rotatable bonds is 5. The Bertz CT molecular complexity index is 319. The maximum atomic E-state index is 13.1. The van der Waals surface area contributed by atoms with Crippen molar-refractivity contribution in [2.24, 2.45) is 0 Å². The van der Waals surface area contributed by atoms with Crippen LogP contribution in [0, 0.1) is 5.82 Å². The molecular formula is C11H15ClFNO. The molecule has 1 N–H and O–H groups in total. The molecule has 1 aromatic rings. The number of hydrogen-bond acceptors (Lipinski definition) is 2. The Kier molecular flexibility index (Phi) is 4.85. The molecule has 0 radical (unpaired) electrons. The molecule has 0 aliphatic rings. The highest BCUT2D eigenvalue weighted by Crippen LogP contribution is 2.19. The third-order valence-electron chi connectivity index (χ3n) is 2.09. The fourth-order valence-corrected chi connectivity index (χ4v) is 1.35. The van der Waals surface area contributed by atoms with E-state index < -0.39 is 5.82 Å². The molecule has 0 fully saturated rings. The van der Waals surface area contributed by atoms with E-state index in [9.17, 15) is 4.39 Å². The van der Waals surface area contributed by atoms with Crippen LogP contribution < -0.4 is 5.32 Å². The lowest BCUT2D eigenvalue weighted by atomic mass is 10.2. The molecule has 4 heteroatoms. The molecule has 0 aliphatic heterocycles. The minimum absolute atomic E-state index is 0.144. The van der Waals surface area contributed by atoms with Crippen LogP contribution >= 0.6 is 11.6 Å². The van der Waals surface area contributed by atoms with Crippen molar-refractivity contribution >= 4 is 17.3 Å². The SMILES string of the molecule is COCCC(C)Nc1ccc(Cl)c(F)c1. The van der Waals surface area contributed by atoms with Gasteiger partial charge in [0, 0.05) is 25.4 Å². The third kappa shape index (κ3) is 4.06. The van der Waals surface area contributed by atoms with E-state index in [0.29, 0.717) is 6.61 Å². The van der Waals surface area contributed by atoms with Crippen LogP contribution in [-0.2, 0) is 4.74 Å². The van der Waals surface area contributed by atoms with Gasteiger partial charge in [0.25, 0.3) is 0 Å². The van der Waals surface area contributed by atoms with Crippen molar-refractivity contribution in [3.63, 3.8) is 0 Å². The Balaban J connectivity index is 2.53. The quantitative estimate of drug-likeness (QED) is 0.840. The lowest BCUT2D eigenvalue weighted by Gasteiger charge is -2.14. The van der Waals surface area contributed by atoms with Crippen LogP contribution in [-0.4, -0.2) is 19.8 Å². The van der Waals surface area contributed by atoms with Crippen LogP contribution in [0.2, 0.25) is 5.02 Å². The van der Waals surface area contributed by atoms with E-state index in [1.165, 1.54) is 6.07 Å². The highest BCUT2D eigenvalue weighted by Gasteiger charge is 2.04. The zero-order valence-electron chi connectivity index (χ0n) is 8.89. The number of methoxy groups -OCH3 is 1. The van der Waals surface area contributed by atoms with Gasteiger partial charge in [-0.2, -0.15) is 0 Å². The molecule has 0 saturated heterocycles. The van der Waals surface area contributed by atoms with Gasteiger partial charge in [-0.3, -0.25) is 0 Å². The number of hydrogen-bond donors (Lipinski definition) is 1. The first kappa shape index (κ1) is 12.3. The van der Waals surface area contributed by atoms with E-state index in [4.69, 9.17) is 16.3 Å². The number of ether oxygens (including phenoxy) is 1. The number of benzene rings is 1. The molecule has 0 aliphatic carbocycles. The van der Waals surface area contributed by atoms with Crippen molar-refractivity contribution in [2.45, 2.75) is 19.4 Å². The van der Waals surface area contributed by atoms with E-state index in [-0.39, 0.29) is 11.1 Å². The molecule has 0 bridgehead atoms. The molecular weight excluding hydrogens is 217 g/mol. The van der Waals surface area contributed by atoms with Crippen LogP contribution in [0.25, 0.3) is 0 Å². The smallest absolute Gasteiger partial charge is 0.143 e. The zero-order valence-corrected chi connectivity index (χ0v) is 9.64. The molecule has 0 amide bonds. The van der Waals surface area contributed by atoms with Crippen LogP contribution in [0.3, 0.4) is 0 Å². The van der Waals surface area contributed by atoms with Crippen molar-refractivity contribution in [3.05, 3.63) is 29.0 Å². The second kappa shape index (κ2) is 5.93. The summed E-state index contributed by atoms with van der Waals surface area (Å²) in [6.07, 6.45) is 0.876. The monoisotopic (exact) mass is 231 g/mol. The first-order valence-corrected chi connectivity index (χ1v) is 5.22. The first-order chi connectivity index (χ1) is 7.13. The molecule has 0 spiro atoms. The second-order valence-corrected chi connectivity index (χ2v) is 3.86. The van der Waals surface area contributed by atoms with Gasteiger partial charge in [0.2, 0.25) is 0 Å². The van der Waals surface area contributed by atoms with Gasteiger partial charge in [-0.1, -0.05) is 11.6 Å². The van der Waals surface area contributed by atoms with Crippen molar-refractivity contribution < 1.29 is 9.13 Å². The highest BCUT2D eigenvalue weighted by molar-refractivity contribution is 6.30. The lowest BCUT2D eigenvalue weighted by Crippen LogP contribution is -2.17. The summed E-state index contributed by atoms with van der Waals surface area (Å²) in [5.41, 5.74) is 0.737. The highest BCUT2D eigenvalue weighted by atomic mass is 35.5. The van der Waals surface area contributed by atoms with Crippen molar-refractivity contribution in [1.29, 1.82) is 0 Å². The van der Waals surface area contributed by atoms with Gasteiger partial charge in [0.1, 0.15) is 5.82 Å². The Morgan fingerprint density at radius 3 is 2.87 bits per heavy atom. The molecule has 84 valence electrons. The molecule has 15 heavy (non-hydrogen) atoms. The van der Waals surface area contributed by atoms with Gasteiger partial charge in [-0.05, 0) is 31.5 Å². The predicted octanol–water partition coefficient (Wildman–Crippen LogP) is 3.32. The van der Waals surface area contributed by atoms with Crippen LogP contribution in [0.15, 0.2) is 18.2 Å². The second-order valence-electron chi connectivity index (χ2n) is 3.46. The fourth-order valence-electron chi connectivity index (χ4n) is 1.24. The van der Waals surface area contributed by atoms with Crippen LogP contribution in [0.5, 0.6) is 0 Å². The minimum atomic E-state index is -0.402. The summed E-state index contributed by atoms with van der Waals surface area (Å²) >= 11 is 5.58. The van der Waals surface area contributed by atoms with Gasteiger partial charge < -0.3 is 10.1 Å². The summed E-state index contributed by atoms with van der Waals surface area (Å²) in [5, 5.41) is 3.31. The molecule has 1 aromatic carbocycles. The van der Waals surface area contributed by atoms with E-state index in [1.807, 2.05) is 6.92 Å². The minimum Gasteiger partial charge on any atom is -0.385 e. The molecule has 0 saturated carbocycles. The van der Waals surface area contributed by atoms with Crippen molar-refractivity contribution in [2.75, 3.05) is 19.0 Å². The van der Waals surface area contributed by atoms with E-state index >= 15 is 0 Å². The maximum absolute atomic E-state index is 13.1. The third-order valence-corrected chi connectivity index (χ3v) is 2.39. The van der Waals surface area contributed by atoms with Crippen molar-refractivity contribution in [1.82, 2.24) is 0 Å². The maximum Gasteiger partial charge on any atom is 0.143 e. The van der Waals surface area contributed by atoms with E-state index in [2.05, 4.69) is 5.32 Å². The molecule has 1 unspecified atom stereocenters. The first-order valence-electron chi connectivity index (χ1n) is 4.84. The van der Waals surface area contributed by atoms with Crippen LogP contribution in [0.4, 0.5) is 10.1 Å². The summed E-state index contributed by atoms with van der Waals surface area (Å²) in [6, 6.07) is 4.94. The molecule has 0 heterocycles. The summed E-state index contributed by atoms with van der Waals surface area (Å²) in [5.74, 6) is -0.402. The van der Waals surface area contributed by atoms with Crippen molar-refractivity contribution in [3.8, 4) is 0 Å². The Hall–Kier alpha value is -0.800. The molecule has 0 aromatic heterocycles. The molecule has 1 atom stereocenters. The standard InChI is InChI=1S/C11H15ClFNO/c1-8(5-6-15-2)14-9-3-4-10(12)11(13)7-9/h3-4,7-8,14H,5-6H2,1-2H3. The molecule has 2 nitrogen and oxygen atoms in total. The fraction of sp³-hybridized carbons (Fsp3) is 0.455. The molecule has 1 rings (SSSR count). The topological polar surface area (TPSA) is 21.3 Å². The Morgan fingerprint density at radius 2 is 2.27 bits per heavy atom. The number of anilines is 1. The lowest BCUT2D eigenvalue weighted by molar-refractivity contribution is 0.191. The predicted molar refractivity (Wildman–Crippen MR) is 61.0 cm³/mol. The summed E-state index contributed by atoms with van der Waals surface area (Å²) in [6.45, 7) is 2.70. The number of nitrogens with one attached hydrogen (secondary N) is 1. The van der Waals surface area contributed by atoms with Gasteiger partial charge in [0.15, 0.2) is 0 Å². The van der Waals surface area contributed by atoms with Gasteiger partial charge in [-0.15, -0.1) is 0 Å². The van der Waals surface area contributed by atoms with Crippen LogP contribution in [0.1, 0.15) is 13.3 Å². The normalized spacial score (nSPS) is 12.5. The van der Waals surface area contributed by atoms with E-state index in [1.54, 1.807) is 19.2 Å². The van der Waals surface area contributed by atoms with Gasteiger partial charge in [-0.25, -0.2) is 4.39 Å². The largest absolute Gasteiger partial charge is 0.385 e. The average molecular weight is 232 g/mol. The zero-order chi connectivity index (χ0) is 11.3. The Morgan fingerprint density at radius 1 is 1.53 bits per heavy atom. The Labute approximate surface area is 94.4 Å². The summed E-state index contributed by atoms with van der Waals surface area (Å²) in [7, 11) is 1.66. The van der Waals surface area contributed by atoms with E-state index in [0.717, 1.165) is 12.1 Å².